The van der Waals surface area contributed by atoms with E-state index >= 15 is 0 Å². The molecule has 0 aliphatic heterocycles. The van der Waals surface area contributed by atoms with Crippen LogP contribution in [-0.2, 0) is 9.84 Å². The Hall–Kier alpha value is -1.56. The van der Waals surface area contributed by atoms with Gasteiger partial charge in [0.2, 0.25) is 0 Å². The summed E-state index contributed by atoms with van der Waals surface area (Å²) in [5.41, 5.74) is 2.35. The first-order valence-corrected chi connectivity index (χ1v) is 9.92. The minimum atomic E-state index is -3.12. The second-order valence-electron chi connectivity index (χ2n) is 6.62. The summed E-state index contributed by atoms with van der Waals surface area (Å²) in [5.74, 6) is 0.154. The number of carbonyl (C=O) groups is 1. The number of rotatable bonds is 7. The van der Waals surface area contributed by atoms with Crippen molar-refractivity contribution in [2.75, 3.05) is 17.3 Å². The standard InChI is InChI=1S/C17H28N2O3S/c1-11(2)14(5)19-16-9-7-8-15(13(16)4)17(20)18-12(3)10-23(6,21)22/h7-9,11-12,14,19H,10H2,1-6H3,(H,18,20)/t12-,14+/m1/s1. The van der Waals surface area contributed by atoms with Gasteiger partial charge in [-0.05, 0) is 44.4 Å². The second-order valence-corrected chi connectivity index (χ2v) is 8.81. The highest BCUT2D eigenvalue weighted by Gasteiger charge is 2.17. The summed E-state index contributed by atoms with van der Waals surface area (Å²) < 4.78 is 22.6. The lowest BCUT2D eigenvalue weighted by Gasteiger charge is -2.21. The normalized spacial score (nSPS) is 14.4. The molecule has 130 valence electrons. The van der Waals surface area contributed by atoms with Crippen molar-refractivity contribution in [3.05, 3.63) is 29.3 Å². The summed E-state index contributed by atoms with van der Waals surface area (Å²) in [7, 11) is -3.12. The minimum Gasteiger partial charge on any atom is -0.382 e. The molecule has 0 unspecified atom stereocenters. The van der Waals surface area contributed by atoms with E-state index in [0.717, 1.165) is 11.3 Å². The zero-order chi connectivity index (χ0) is 17.8. The van der Waals surface area contributed by atoms with Crippen molar-refractivity contribution in [2.24, 2.45) is 5.92 Å². The third kappa shape index (κ3) is 6.22. The van der Waals surface area contributed by atoms with Gasteiger partial charge in [0.1, 0.15) is 9.84 Å². The van der Waals surface area contributed by atoms with Crippen LogP contribution in [0.1, 0.15) is 43.6 Å². The third-order valence-electron chi connectivity index (χ3n) is 3.89. The fourth-order valence-corrected chi connectivity index (χ4v) is 3.24. The highest BCUT2D eigenvalue weighted by molar-refractivity contribution is 7.90. The van der Waals surface area contributed by atoms with Crippen LogP contribution in [0.5, 0.6) is 0 Å². The number of hydrogen-bond acceptors (Lipinski definition) is 4. The Labute approximate surface area is 139 Å². The molecule has 0 radical (unpaired) electrons. The topological polar surface area (TPSA) is 75.3 Å². The van der Waals surface area contributed by atoms with Crippen molar-refractivity contribution in [1.29, 1.82) is 0 Å². The van der Waals surface area contributed by atoms with E-state index in [1.165, 1.54) is 6.26 Å². The molecule has 1 aromatic carbocycles. The Morgan fingerprint density at radius 2 is 1.78 bits per heavy atom. The lowest BCUT2D eigenvalue weighted by Crippen LogP contribution is -2.37. The van der Waals surface area contributed by atoms with Gasteiger partial charge in [-0.2, -0.15) is 0 Å². The fraction of sp³-hybridized carbons (Fsp3) is 0.588. The molecular formula is C17H28N2O3S. The van der Waals surface area contributed by atoms with Gasteiger partial charge in [0, 0.05) is 29.6 Å². The van der Waals surface area contributed by atoms with Gasteiger partial charge in [-0.1, -0.05) is 19.9 Å². The van der Waals surface area contributed by atoms with Crippen LogP contribution in [0.3, 0.4) is 0 Å². The summed E-state index contributed by atoms with van der Waals surface area (Å²) in [4.78, 5) is 12.4. The van der Waals surface area contributed by atoms with E-state index in [9.17, 15) is 13.2 Å². The van der Waals surface area contributed by atoms with Gasteiger partial charge >= 0.3 is 0 Å². The molecule has 0 aliphatic rings. The average molecular weight is 340 g/mol. The number of nitrogens with one attached hydrogen (secondary N) is 2. The Bertz CT molecular complexity index is 654. The van der Waals surface area contributed by atoms with Crippen LogP contribution in [0.4, 0.5) is 5.69 Å². The molecule has 0 aliphatic carbocycles. The smallest absolute Gasteiger partial charge is 0.251 e. The Kier molecular flexibility index (Phi) is 6.62. The van der Waals surface area contributed by atoms with Crippen LogP contribution < -0.4 is 10.6 Å². The molecule has 1 rings (SSSR count). The SMILES string of the molecule is Cc1c(N[C@@H](C)C(C)C)cccc1C(=O)N[C@H](C)CS(C)(=O)=O. The number of amides is 1. The Morgan fingerprint density at radius 1 is 1.17 bits per heavy atom. The van der Waals surface area contributed by atoms with Gasteiger partial charge in [-0.15, -0.1) is 0 Å². The number of benzene rings is 1. The first-order chi connectivity index (χ1) is 10.5. The van der Waals surface area contributed by atoms with Crippen LogP contribution in [-0.4, -0.2) is 38.4 Å². The van der Waals surface area contributed by atoms with Crippen molar-refractivity contribution < 1.29 is 13.2 Å². The second kappa shape index (κ2) is 7.81. The van der Waals surface area contributed by atoms with Crippen LogP contribution >= 0.6 is 0 Å². The van der Waals surface area contributed by atoms with Gasteiger partial charge in [-0.25, -0.2) is 8.42 Å². The predicted octanol–water partition coefficient (Wildman–Crippen LogP) is 2.61. The van der Waals surface area contributed by atoms with Crippen molar-refractivity contribution >= 4 is 21.4 Å². The molecule has 1 aromatic rings. The summed E-state index contributed by atoms with van der Waals surface area (Å²) in [6, 6.07) is 5.39. The van der Waals surface area contributed by atoms with E-state index < -0.39 is 15.9 Å². The number of sulfone groups is 1. The zero-order valence-electron chi connectivity index (χ0n) is 14.8. The van der Waals surface area contributed by atoms with Crippen LogP contribution in [0.25, 0.3) is 0 Å². The fourth-order valence-electron chi connectivity index (χ4n) is 2.25. The molecule has 0 saturated carbocycles. The molecular weight excluding hydrogens is 312 g/mol. The van der Waals surface area contributed by atoms with Crippen molar-refractivity contribution in [3.8, 4) is 0 Å². The molecule has 0 bridgehead atoms. The number of hydrogen-bond donors (Lipinski definition) is 2. The van der Waals surface area contributed by atoms with Gasteiger partial charge in [-0.3, -0.25) is 4.79 Å². The van der Waals surface area contributed by atoms with Crippen molar-refractivity contribution in [2.45, 2.75) is 46.7 Å². The van der Waals surface area contributed by atoms with E-state index in [1.807, 2.05) is 19.1 Å². The molecule has 0 fully saturated rings. The minimum absolute atomic E-state index is 0.0693. The summed E-state index contributed by atoms with van der Waals surface area (Å²) in [6.07, 6.45) is 1.17. The van der Waals surface area contributed by atoms with Gasteiger partial charge < -0.3 is 10.6 Å². The van der Waals surface area contributed by atoms with Gasteiger partial charge in [0.15, 0.2) is 0 Å². The molecule has 0 aromatic heterocycles. The number of carbonyl (C=O) groups excluding carboxylic acids is 1. The van der Waals surface area contributed by atoms with E-state index in [0.29, 0.717) is 11.5 Å². The lowest BCUT2D eigenvalue weighted by atomic mass is 10.0. The largest absolute Gasteiger partial charge is 0.382 e. The molecule has 23 heavy (non-hydrogen) atoms. The summed E-state index contributed by atoms with van der Waals surface area (Å²) in [6.45, 7) is 9.96. The first kappa shape index (κ1) is 19.5. The van der Waals surface area contributed by atoms with Crippen LogP contribution in [0.2, 0.25) is 0 Å². The van der Waals surface area contributed by atoms with E-state index in [4.69, 9.17) is 0 Å². The van der Waals surface area contributed by atoms with Crippen LogP contribution in [0.15, 0.2) is 18.2 Å². The van der Waals surface area contributed by atoms with Gasteiger partial charge in [0.25, 0.3) is 5.91 Å². The lowest BCUT2D eigenvalue weighted by molar-refractivity contribution is 0.0943. The number of anilines is 1. The summed E-state index contributed by atoms with van der Waals surface area (Å²) in [5, 5.41) is 6.17. The third-order valence-corrected chi connectivity index (χ3v) is 5.00. The maximum Gasteiger partial charge on any atom is 0.251 e. The van der Waals surface area contributed by atoms with Crippen molar-refractivity contribution in [1.82, 2.24) is 5.32 Å². The van der Waals surface area contributed by atoms with Crippen molar-refractivity contribution in [3.63, 3.8) is 0 Å². The molecule has 1 amide bonds. The molecule has 2 atom stereocenters. The van der Waals surface area contributed by atoms with E-state index in [1.54, 1.807) is 13.0 Å². The van der Waals surface area contributed by atoms with E-state index in [2.05, 4.69) is 31.4 Å². The Balaban J connectivity index is 2.90. The molecule has 6 heteroatoms. The monoisotopic (exact) mass is 340 g/mol. The van der Waals surface area contributed by atoms with Crippen LogP contribution in [0, 0.1) is 12.8 Å². The highest BCUT2D eigenvalue weighted by atomic mass is 32.2. The predicted molar refractivity (Wildman–Crippen MR) is 95.7 cm³/mol. The first-order valence-electron chi connectivity index (χ1n) is 7.86. The molecule has 2 N–H and O–H groups in total. The Morgan fingerprint density at radius 3 is 2.30 bits per heavy atom. The molecule has 0 spiro atoms. The molecule has 0 saturated heterocycles. The molecule has 5 nitrogen and oxygen atoms in total. The molecule has 0 heterocycles. The maximum atomic E-state index is 12.4. The van der Waals surface area contributed by atoms with E-state index in [-0.39, 0.29) is 17.7 Å². The maximum absolute atomic E-state index is 12.4. The highest BCUT2D eigenvalue weighted by Crippen LogP contribution is 2.21. The average Bonchev–Trinajstić information content (AvgIpc) is 2.38. The van der Waals surface area contributed by atoms with Gasteiger partial charge in [0.05, 0.1) is 5.75 Å². The summed E-state index contributed by atoms with van der Waals surface area (Å²) >= 11 is 0. The quantitative estimate of drug-likeness (QED) is 0.800. The zero-order valence-corrected chi connectivity index (χ0v) is 15.6.